The molecule has 0 atom stereocenters. The zero-order chi connectivity index (χ0) is 10.4. The molecule has 0 aliphatic rings. The van der Waals surface area contributed by atoms with E-state index in [1.54, 1.807) is 31.3 Å². The van der Waals surface area contributed by atoms with Crippen LogP contribution in [0.4, 0.5) is 0 Å². The second kappa shape index (κ2) is 5.18. The Kier molecular flexibility index (Phi) is 4.58. The second-order valence-corrected chi connectivity index (χ2v) is 3.01. The zero-order valence-corrected chi connectivity index (χ0v) is 8.39. The third-order valence-corrected chi connectivity index (χ3v) is 1.30. The van der Waals surface area contributed by atoms with E-state index in [1.165, 1.54) is 0 Å². The van der Waals surface area contributed by atoms with Gasteiger partial charge in [0.2, 0.25) is 0 Å². The van der Waals surface area contributed by atoms with Crippen molar-refractivity contribution >= 4 is 0 Å². The molecule has 0 rings (SSSR count). The van der Waals surface area contributed by atoms with Crippen molar-refractivity contribution in [2.75, 3.05) is 28.2 Å². The molecule has 0 aromatic heterocycles. The number of allylic oxidation sites excluding steroid dienone is 1. The Hall–Kier alpha value is -1.52. The van der Waals surface area contributed by atoms with Crippen molar-refractivity contribution < 1.29 is 4.92 Å². The van der Waals surface area contributed by atoms with E-state index in [4.69, 9.17) is 0 Å². The Labute approximate surface area is 78.1 Å². The van der Waals surface area contributed by atoms with E-state index in [0.29, 0.717) is 5.70 Å². The predicted octanol–water partition coefficient (Wildman–Crippen LogP) is 0.741. The molecule has 0 spiro atoms. The van der Waals surface area contributed by atoms with E-state index in [-0.39, 0.29) is 0 Å². The van der Waals surface area contributed by atoms with Crippen LogP contribution in [0.5, 0.6) is 0 Å². The third kappa shape index (κ3) is 5.72. The molecule has 0 saturated heterocycles. The van der Waals surface area contributed by atoms with E-state index in [1.807, 2.05) is 19.0 Å². The van der Waals surface area contributed by atoms with Crippen LogP contribution >= 0.6 is 0 Å². The maximum atomic E-state index is 10.2. The van der Waals surface area contributed by atoms with Crippen molar-refractivity contribution in [3.63, 3.8) is 0 Å². The lowest BCUT2D eigenvalue weighted by Crippen LogP contribution is -2.12. The highest BCUT2D eigenvalue weighted by atomic mass is 16.6. The summed E-state index contributed by atoms with van der Waals surface area (Å²) in [5.74, 6) is 0. The van der Waals surface area contributed by atoms with Gasteiger partial charge in [0.05, 0.1) is 4.92 Å². The van der Waals surface area contributed by atoms with Crippen LogP contribution in [0.25, 0.3) is 0 Å². The number of rotatable bonds is 4. The largest absolute Gasteiger partial charge is 0.383 e. The van der Waals surface area contributed by atoms with Gasteiger partial charge in [0.25, 0.3) is 6.20 Å². The van der Waals surface area contributed by atoms with Gasteiger partial charge in [-0.2, -0.15) is 0 Å². The van der Waals surface area contributed by atoms with Gasteiger partial charge in [-0.1, -0.05) is 0 Å². The van der Waals surface area contributed by atoms with Crippen molar-refractivity contribution in [3.05, 3.63) is 34.3 Å². The lowest BCUT2D eigenvalue weighted by molar-refractivity contribution is -0.404. The molecular weight excluding hydrogens is 170 g/mol. The number of likely N-dealkylation sites (N-methyl/N-ethyl adjacent to an activating group) is 1. The highest BCUT2D eigenvalue weighted by Crippen LogP contribution is 2.00. The van der Waals surface area contributed by atoms with Crippen molar-refractivity contribution in [1.82, 2.24) is 9.80 Å². The zero-order valence-electron chi connectivity index (χ0n) is 8.39. The summed E-state index contributed by atoms with van der Waals surface area (Å²) in [5, 5.41) is 10.2. The lowest BCUT2D eigenvalue weighted by Gasteiger charge is -2.11. The van der Waals surface area contributed by atoms with Crippen LogP contribution in [0, 0.1) is 10.1 Å². The van der Waals surface area contributed by atoms with Gasteiger partial charge in [-0.15, -0.1) is 0 Å². The summed E-state index contributed by atoms with van der Waals surface area (Å²) in [6.07, 6.45) is 4.41. The van der Waals surface area contributed by atoms with Crippen LogP contribution < -0.4 is 0 Å². The standard InChI is InChI=1S/C8H15N3O2/c1-9(2)6-5-8(10(3)4)7-11(12)13/h5-7H,1-4H3/b6-5+,8-7+. The fourth-order valence-corrected chi connectivity index (χ4v) is 0.641. The predicted molar refractivity (Wildman–Crippen MR) is 51.6 cm³/mol. The minimum Gasteiger partial charge on any atom is -0.383 e. The fourth-order valence-electron chi connectivity index (χ4n) is 0.641. The highest BCUT2D eigenvalue weighted by molar-refractivity contribution is 5.13. The summed E-state index contributed by atoms with van der Waals surface area (Å²) in [6.45, 7) is 0. The van der Waals surface area contributed by atoms with Crippen molar-refractivity contribution in [1.29, 1.82) is 0 Å². The Morgan fingerprint density at radius 3 is 2.15 bits per heavy atom. The summed E-state index contributed by atoms with van der Waals surface area (Å²) >= 11 is 0. The first-order valence-corrected chi connectivity index (χ1v) is 3.80. The minimum atomic E-state index is -0.463. The van der Waals surface area contributed by atoms with Gasteiger partial charge in [-0.25, -0.2) is 0 Å². The van der Waals surface area contributed by atoms with E-state index in [9.17, 15) is 10.1 Å². The van der Waals surface area contributed by atoms with E-state index < -0.39 is 4.92 Å². The summed E-state index contributed by atoms with van der Waals surface area (Å²) in [4.78, 5) is 13.3. The summed E-state index contributed by atoms with van der Waals surface area (Å²) in [7, 11) is 7.23. The van der Waals surface area contributed by atoms with E-state index in [2.05, 4.69) is 0 Å². The van der Waals surface area contributed by atoms with Gasteiger partial charge in [0.1, 0.15) is 5.70 Å². The van der Waals surface area contributed by atoms with Gasteiger partial charge in [-0.3, -0.25) is 10.1 Å². The van der Waals surface area contributed by atoms with Crippen molar-refractivity contribution in [3.8, 4) is 0 Å². The molecule has 0 N–H and O–H groups in total. The summed E-state index contributed by atoms with van der Waals surface area (Å²) in [6, 6.07) is 0. The molecule has 0 aliphatic heterocycles. The van der Waals surface area contributed by atoms with Crippen LogP contribution in [0.15, 0.2) is 24.2 Å². The molecule has 0 radical (unpaired) electrons. The molecule has 0 bridgehead atoms. The van der Waals surface area contributed by atoms with E-state index >= 15 is 0 Å². The number of nitro groups is 1. The first kappa shape index (κ1) is 11.5. The van der Waals surface area contributed by atoms with Crippen LogP contribution in [-0.2, 0) is 0 Å². The number of hydrogen-bond donors (Lipinski definition) is 0. The molecule has 5 heteroatoms. The van der Waals surface area contributed by atoms with Gasteiger partial charge < -0.3 is 9.80 Å². The van der Waals surface area contributed by atoms with Crippen LogP contribution in [-0.4, -0.2) is 42.9 Å². The Morgan fingerprint density at radius 1 is 1.31 bits per heavy atom. The molecule has 0 aromatic carbocycles. The average molecular weight is 185 g/mol. The minimum absolute atomic E-state index is 0.463. The molecule has 0 amide bonds. The molecule has 13 heavy (non-hydrogen) atoms. The van der Waals surface area contributed by atoms with Gasteiger partial charge in [-0.05, 0) is 6.08 Å². The SMILES string of the molecule is CN(C)/C=C/C(=C\[N+](=O)[O-])N(C)C. The Morgan fingerprint density at radius 2 is 1.85 bits per heavy atom. The Balaban J connectivity index is 4.54. The quantitative estimate of drug-likeness (QED) is 0.368. The topological polar surface area (TPSA) is 49.6 Å². The van der Waals surface area contributed by atoms with Crippen LogP contribution in [0.2, 0.25) is 0 Å². The lowest BCUT2D eigenvalue weighted by atomic mass is 10.4. The molecule has 5 nitrogen and oxygen atoms in total. The molecule has 0 unspecified atom stereocenters. The average Bonchev–Trinajstić information content (AvgIpc) is 1.96. The highest BCUT2D eigenvalue weighted by Gasteiger charge is 2.00. The molecule has 74 valence electrons. The number of hydrogen-bond acceptors (Lipinski definition) is 4. The van der Waals surface area contributed by atoms with E-state index in [0.717, 1.165) is 6.20 Å². The maximum Gasteiger partial charge on any atom is 0.257 e. The maximum absolute atomic E-state index is 10.2. The van der Waals surface area contributed by atoms with Gasteiger partial charge in [0, 0.05) is 34.4 Å². The first-order chi connectivity index (χ1) is 5.93. The summed E-state index contributed by atoms with van der Waals surface area (Å²) < 4.78 is 0. The second-order valence-electron chi connectivity index (χ2n) is 3.01. The molecular formula is C8H15N3O2. The normalized spacial score (nSPS) is 11.8. The smallest absolute Gasteiger partial charge is 0.257 e. The van der Waals surface area contributed by atoms with Gasteiger partial charge >= 0.3 is 0 Å². The molecule has 0 fully saturated rings. The van der Waals surface area contributed by atoms with Crippen LogP contribution in [0.3, 0.4) is 0 Å². The number of nitrogens with zero attached hydrogens (tertiary/aromatic N) is 3. The van der Waals surface area contributed by atoms with Gasteiger partial charge in [0.15, 0.2) is 0 Å². The summed E-state index contributed by atoms with van der Waals surface area (Å²) in [5.41, 5.74) is 0.554. The molecule has 0 heterocycles. The third-order valence-electron chi connectivity index (χ3n) is 1.30. The molecule has 0 aromatic rings. The van der Waals surface area contributed by atoms with Crippen LogP contribution in [0.1, 0.15) is 0 Å². The Bertz CT molecular complexity index is 232. The first-order valence-electron chi connectivity index (χ1n) is 3.80. The molecule has 0 saturated carbocycles. The monoisotopic (exact) mass is 185 g/mol. The molecule has 0 aliphatic carbocycles. The van der Waals surface area contributed by atoms with Crippen molar-refractivity contribution in [2.24, 2.45) is 0 Å². The fraction of sp³-hybridized carbons (Fsp3) is 0.500. The van der Waals surface area contributed by atoms with Crippen molar-refractivity contribution in [2.45, 2.75) is 0 Å².